The topological polar surface area (TPSA) is 395 Å². The van der Waals surface area contributed by atoms with Crippen LogP contribution in [-0.2, 0) is 40.4 Å². The average molecular weight is 1120 g/mol. The molecule has 77 heavy (non-hydrogen) atoms. The van der Waals surface area contributed by atoms with Gasteiger partial charge in [-0.3, -0.25) is 13.7 Å². The minimum absolute atomic E-state index is 0.0756. The summed E-state index contributed by atoms with van der Waals surface area (Å²) in [6.07, 6.45) is 0. The van der Waals surface area contributed by atoms with Crippen LogP contribution in [-0.4, -0.2) is 62.6 Å². The van der Waals surface area contributed by atoms with Gasteiger partial charge in [-0.05, 0) is 103 Å². The van der Waals surface area contributed by atoms with E-state index in [0.29, 0.717) is 16.6 Å². The number of para-hydroxylation sites is 1. The molecular formula is C49H36N10O14S4. The molecule has 0 atom stereocenters. The van der Waals surface area contributed by atoms with Crippen molar-refractivity contribution < 1.29 is 62.6 Å². The molecule has 28 heteroatoms. The number of rotatable bonds is 14. The number of phenolic OH excluding ortho intramolecular Hbond substituents is 3. The predicted molar refractivity (Wildman–Crippen MR) is 282 cm³/mol. The molecular weight excluding hydrogens is 1080 g/mol. The Hall–Kier alpha value is -9.00. The van der Waals surface area contributed by atoms with Gasteiger partial charge in [0.05, 0.1) is 38.2 Å². The van der Waals surface area contributed by atoms with Gasteiger partial charge in [-0.1, -0.05) is 48.5 Å². The molecule has 24 nitrogen and oxygen atoms in total. The molecule has 0 aliphatic carbocycles. The quantitative estimate of drug-likeness (QED) is 0.0370. The fourth-order valence-corrected chi connectivity index (χ4v) is 10.2. The lowest BCUT2D eigenvalue weighted by Gasteiger charge is -2.14. The SMILES string of the molecule is Cc1cc(N=Nc2c(S(=O)(=O)O)cc3c(N=Nc4cc(S(N)(=O)=O)ccc4O)c(Nc4ccccc4)ccc3c2O)c(O)cc1N=Nc1ccc(N=Nc2cccc3c(S(=O)(=O)O)cccc23)c2cc(S(=O)(=O)O)ccc12. The molecule has 0 fully saturated rings. The largest absolute Gasteiger partial charge is 0.506 e. The number of anilines is 2. The molecule has 9 rings (SSSR count). The van der Waals surface area contributed by atoms with Gasteiger partial charge < -0.3 is 20.6 Å². The number of fused-ring (bicyclic) bond motifs is 3. The molecule has 9 aromatic rings. The number of benzene rings is 9. The Bertz CT molecular complexity index is 4540. The first-order valence-electron chi connectivity index (χ1n) is 21.9. The van der Waals surface area contributed by atoms with E-state index in [1.54, 1.807) is 43.3 Å². The van der Waals surface area contributed by atoms with Crippen molar-refractivity contribution >= 4 is 130 Å². The molecule has 0 aromatic heterocycles. The summed E-state index contributed by atoms with van der Waals surface area (Å²) >= 11 is 0. The van der Waals surface area contributed by atoms with Crippen LogP contribution >= 0.6 is 0 Å². The van der Waals surface area contributed by atoms with Gasteiger partial charge in [0.15, 0.2) is 5.75 Å². The highest BCUT2D eigenvalue weighted by Crippen LogP contribution is 2.48. The summed E-state index contributed by atoms with van der Waals surface area (Å²) in [5.74, 6) is -1.89. The van der Waals surface area contributed by atoms with Crippen LogP contribution in [0.15, 0.2) is 206 Å². The van der Waals surface area contributed by atoms with Crippen molar-refractivity contribution in [1.29, 1.82) is 0 Å². The average Bonchev–Trinajstić information content (AvgIpc) is 3.38. The van der Waals surface area contributed by atoms with Gasteiger partial charge in [0.2, 0.25) is 10.0 Å². The normalized spacial score (nSPS) is 12.8. The molecule has 0 saturated heterocycles. The number of phenols is 3. The van der Waals surface area contributed by atoms with E-state index in [-0.39, 0.29) is 77.3 Å². The van der Waals surface area contributed by atoms with Crippen LogP contribution in [0, 0.1) is 6.92 Å². The first kappa shape index (κ1) is 52.8. The molecule has 0 radical (unpaired) electrons. The van der Waals surface area contributed by atoms with Crippen molar-refractivity contribution in [3.8, 4) is 17.2 Å². The zero-order chi connectivity index (χ0) is 55.2. The smallest absolute Gasteiger partial charge is 0.296 e. The van der Waals surface area contributed by atoms with E-state index in [9.17, 15) is 62.6 Å². The molecule has 0 unspecified atom stereocenters. The maximum absolute atomic E-state index is 13.0. The zero-order valence-corrected chi connectivity index (χ0v) is 42.4. The Balaban J connectivity index is 1.07. The number of sulfonamides is 1. The van der Waals surface area contributed by atoms with Crippen molar-refractivity contribution in [2.45, 2.75) is 26.5 Å². The number of azo groups is 4. The second-order valence-electron chi connectivity index (χ2n) is 16.6. The number of hydrogen-bond acceptors (Lipinski definition) is 20. The van der Waals surface area contributed by atoms with Crippen LogP contribution in [0.4, 0.5) is 56.9 Å². The Morgan fingerprint density at radius 2 is 0.961 bits per heavy atom. The molecule has 0 spiro atoms. The Kier molecular flexibility index (Phi) is 13.9. The maximum atomic E-state index is 13.0. The van der Waals surface area contributed by atoms with E-state index in [0.717, 1.165) is 42.5 Å². The minimum atomic E-state index is -5.25. The fourth-order valence-electron chi connectivity index (χ4n) is 7.83. The molecule has 0 heterocycles. The third-order valence-corrected chi connectivity index (χ3v) is 15.1. The number of primary sulfonamides is 1. The second-order valence-corrected chi connectivity index (χ2v) is 22.4. The highest BCUT2D eigenvalue weighted by molar-refractivity contribution is 7.89. The first-order chi connectivity index (χ1) is 36.3. The summed E-state index contributed by atoms with van der Waals surface area (Å²) in [6, 6.07) is 33.0. The highest BCUT2D eigenvalue weighted by atomic mass is 32.2. The molecule has 0 aliphatic rings. The lowest BCUT2D eigenvalue weighted by molar-refractivity contribution is 0.471. The van der Waals surface area contributed by atoms with E-state index >= 15 is 0 Å². The van der Waals surface area contributed by atoms with E-state index < -0.39 is 78.0 Å². The van der Waals surface area contributed by atoms with Gasteiger partial charge in [0.25, 0.3) is 30.4 Å². The van der Waals surface area contributed by atoms with Crippen molar-refractivity contribution in [3.63, 3.8) is 0 Å². The fraction of sp³-hybridized carbons (Fsp3) is 0.0204. The number of hydrogen-bond donors (Lipinski definition) is 8. The zero-order valence-electron chi connectivity index (χ0n) is 39.1. The predicted octanol–water partition coefficient (Wildman–Crippen LogP) is 12.4. The number of nitrogens with two attached hydrogens (primary N) is 1. The number of aromatic hydroxyl groups is 3. The summed E-state index contributed by atoms with van der Waals surface area (Å²) in [4.78, 5) is -2.22. The molecule has 0 amide bonds. The van der Waals surface area contributed by atoms with Gasteiger partial charge in [0.1, 0.15) is 44.0 Å². The summed E-state index contributed by atoms with van der Waals surface area (Å²) in [6.45, 7) is 1.55. The van der Waals surface area contributed by atoms with Crippen LogP contribution in [0.5, 0.6) is 17.2 Å². The van der Waals surface area contributed by atoms with Gasteiger partial charge in [-0.2, -0.15) is 30.4 Å². The van der Waals surface area contributed by atoms with E-state index in [1.807, 2.05) is 0 Å². The number of nitrogens with one attached hydrogen (secondary N) is 1. The standard InChI is InChI=1S/C49H36N10O14S4/c1-26-21-41(44(61)25-40(26)55-53-37-18-19-38(34-22-29(75(65,66)67)13-15-31(34)37)54-52-36-11-5-10-32-30(36)9-6-12-45(32)76(68,69)70)56-59-48-46(77(71,72)73)24-35-33(49(48)62)16-17-39(51-27-7-3-2-4-8-27)47(35)58-57-42-23-28(74(50,63)64)14-20-43(42)60/h2-25,51,60-62H,1H3,(H2,50,63,64)(H,65,66,67)(H,68,69,70)(H,71,72,73). The van der Waals surface area contributed by atoms with Crippen molar-refractivity contribution in [2.24, 2.45) is 46.1 Å². The molecule has 390 valence electrons. The van der Waals surface area contributed by atoms with E-state index in [1.165, 1.54) is 66.7 Å². The molecule has 0 bridgehead atoms. The Morgan fingerprint density at radius 1 is 0.403 bits per heavy atom. The summed E-state index contributed by atoms with van der Waals surface area (Å²) in [5.41, 5.74) is -0.0167. The summed E-state index contributed by atoms with van der Waals surface area (Å²) in [5, 5.41) is 75.7. The number of nitrogens with zero attached hydrogens (tertiary/aromatic N) is 8. The summed E-state index contributed by atoms with van der Waals surface area (Å²) < 4.78 is 129. The Morgan fingerprint density at radius 3 is 1.62 bits per heavy atom. The molecule has 0 aliphatic heterocycles. The van der Waals surface area contributed by atoms with Crippen LogP contribution in [0.3, 0.4) is 0 Å². The van der Waals surface area contributed by atoms with Crippen molar-refractivity contribution in [3.05, 3.63) is 151 Å². The van der Waals surface area contributed by atoms with Crippen molar-refractivity contribution in [1.82, 2.24) is 0 Å². The monoisotopic (exact) mass is 1120 g/mol. The third kappa shape index (κ3) is 11.2. The van der Waals surface area contributed by atoms with Crippen LogP contribution in [0.1, 0.15) is 5.56 Å². The third-order valence-electron chi connectivity index (χ3n) is 11.5. The summed E-state index contributed by atoms with van der Waals surface area (Å²) in [7, 11) is -18.8. The van der Waals surface area contributed by atoms with Gasteiger partial charge in [-0.15, -0.1) is 35.8 Å². The van der Waals surface area contributed by atoms with Gasteiger partial charge >= 0.3 is 0 Å². The lowest BCUT2D eigenvalue weighted by atomic mass is 10.0. The molecule has 0 saturated carbocycles. The first-order valence-corrected chi connectivity index (χ1v) is 27.7. The van der Waals surface area contributed by atoms with Gasteiger partial charge in [-0.25, -0.2) is 13.6 Å². The van der Waals surface area contributed by atoms with Crippen LogP contribution < -0.4 is 10.5 Å². The van der Waals surface area contributed by atoms with E-state index in [2.05, 4.69) is 46.2 Å². The number of aryl methyl sites for hydroxylation is 1. The van der Waals surface area contributed by atoms with Crippen molar-refractivity contribution in [2.75, 3.05) is 5.32 Å². The highest BCUT2D eigenvalue weighted by Gasteiger charge is 2.25. The van der Waals surface area contributed by atoms with Gasteiger partial charge in [0, 0.05) is 44.1 Å². The maximum Gasteiger partial charge on any atom is 0.296 e. The second kappa shape index (κ2) is 20.3. The Labute approximate surface area is 436 Å². The minimum Gasteiger partial charge on any atom is -0.506 e. The van der Waals surface area contributed by atoms with Crippen LogP contribution in [0.25, 0.3) is 32.3 Å². The van der Waals surface area contributed by atoms with E-state index in [4.69, 9.17) is 5.14 Å². The van der Waals surface area contributed by atoms with Crippen LogP contribution in [0.2, 0.25) is 0 Å². The molecule has 9 N–H and O–H groups in total. The molecule has 9 aromatic carbocycles. The lowest BCUT2D eigenvalue weighted by Crippen LogP contribution is -2.11.